The van der Waals surface area contributed by atoms with Gasteiger partial charge >= 0.3 is 6.16 Å². The number of hydrogen-bond acceptors (Lipinski definition) is 4. The molecule has 0 fully saturated rings. The Morgan fingerprint density at radius 2 is 1.50 bits per heavy atom. The normalized spacial score (nSPS) is 7.80. The lowest BCUT2D eigenvalue weighted by Crippen LogP contribution is -1.97. The number of ether oxygens (including phenoxy) is 2. The van der Waals surface area contributed by atoms with Crippen LogP contribution in [0.3, 0.4) is 0 Å². The molecule has 0 radical (unpaired) electrons. The summed E-state index contributed by atoms with van der Waals surface area (Å²) in [6.07, 6.45) is 2.62. The minimum absolute atomic E-state index is 0.611. The van der Waals surface area contributed by atoms with Gasteiger partial charge in [0.25, 0.3) is 0 Å². The molecule has 0 bridgehead atoms. The van der Waals surface area contributed by atoms with Crippen molar-refractivity contribution < 1.29 is 18.8 Å². The minimum atomic E-state index is -0.657. The lowest BCUT2D eigenvalue weighted by Gasteiger charge is -1.89. The average molecular weight is 168 g/mol. The van der Waals surface area contributed by atoms with E-state index < -0.39 is 17.3 Å². The molecule has 0 saturated heterocycles. The van der Waals surface area contributed by atoms with E-state index in [1.807, 2.05) is 0 Å². The van der Waals surface area contributed by atoms with E-state index in [0.717, 1.165) is 0 Å². The fourth-order valence-electron chi connectivity index (χ4n) is 0.0833. The van der Waals surface area contributed by atoms with Gasteiger partial charge in [-0.05, 0) is 0 Å². The van der Waals surface area contributed by atoms with Crippen molar-refractivity contribution in [1.82, 2.24) is 0 Å². The largest absolute Gasteiger partial charge is 0.617 e. The Bertz CT molecular complexity index is 75.0. The van der Waals surface area contributed by atoms with Gasteiger partial charge in [0.05, 0.1) is 26.7 Å². The highest BCUT2D eigenvalue weighted by molar-refractivity contribution is 7.89. The first-order valence-electron chi connectivity index (χ1n) is 2.41. The van der Waals surface area contributed by atoms with Crippen molar-refractivity contribution in [3.63, 3.8) is 0 Å². The van der Waals surface area contributed by atoms with Gasteiger partial charge in [-0.2, -0.15) is 0 Å². The molecule has 0 aromatic heterocycles. The summed E-state index contributed by atoms with van der Waals surface area (Å²) in [4.78, 5) is 9.74. The Labute approximate surface area is 63.7 Å². The van der Waals surface area contributed by atoms with E-state index in [1.54, 1.807) is 12.5 Å². The quantitative estimate of drug-likeness (QED) is 0.388. The van der Waals surface area contributed by atoms with Crippen molar-refractivity contribution >= 4 is 17.3 Å². The molecule has 0 atom stereocenters. The summed E-state index contributed by atoms with van der Waals surface area (Å²) in [7, 11) is 2.51. The first-order chi connectivity index (χ1) is 4.54. The van der Waals surface area contributed by atoms with Crippen LogP contribution < -0.4 is 0 Å². The van der Waals surface area contributed by atoms with Gasteiger partial charge < -0.3 is 14.0 Å². The minimum Gasteiger partial charge on any atom is -0.617 e. The highest BCUT2D eigenvalue weighted by Gasteiger charge is 1.88. The lowest BCUT2D eigenvalue weighted by molar-refractivity contribution is 0.0924. The Morgan fingerprint density at radius 1 is 1.30 bits per heavy atom. The van der Waals surface area contributed by atoms with Crippen molar-refractivity contribution in [2.75, 3.05) is 26.7 Å². The average Bonchev–Trinajstić information content (AvgIpc) is 1.85. The molecular formula is C5H12O4S. The number of carbonyl (C=O) groups excluding carboxylic acids is 1. The van der Waals surface area contributed by atoms with Gasteiger partial charge in [0.2, 0.25) is 0 Å². The van der Waals surface area contributed by atoms with Gasteiger partial charge in [-0.25, -0.2) is 4.79 Å². The van der Waals surface area contributed by atoms with E-state index in [4.69, 9.17) is 0 Å². The van der Waals surface area contributed by atoms with Crippen LogP contribution in [0.2, 0.25) is 0 Å². The van der Waals surface area contributed by atoms with Gasteiger partial charge in [-0.1, -0.05) is 11.2 Å². The number of carbonyl (C=O) groups is 1. The third-order valence-corrected chi connectivity index (χ3v) is 0.333. The summed E-state index contributed by atoms with van der Waals surface area (Å²) in [5, 5.41) is 0. The molecule has 0 aliphatic rings. The van der Waals surface area contributed by atoms with Crippen molar-refractivity contribution in [2.45, 2.75) is 0 Å². The van der Waals surface area contributed by atoms with Crippen LogP contribution in [-0.4, -0.2) is 37.4 Å². The van der Waals surface area contributed by atoms with Crippen LogP contribution in [0, 0.1) is 0 Å². The molecule has 5 heteroatoms. The molecule has 0 aliphatic carbocycles. The van der Waals surface area contributed by atoms with Gasteiger partial charge in [0, 0.05) is 0 Å². The Kier molecular flexibility index (Phi) is 10.5. The first kappa shape index (κ1) is 12.3. The van der Waals surface area contributed by atoms with E-state index in [-0.39, 0.29) is 0 Å². The molecule has 0 saturated carbocycles. The monoisotopic (exact) mass is 168 g/mol. The molecule has 0 aliphatic heterocycles. The second-order valence-electron chi connectivity index (χ2n) is 1.40. The van der Waals surface area contributed by atoms with Crippen LogP contribution in [0.15, 0.2) is 0 Å². The van der Waals surface area contributed by atoms with E-state index in [1.165, 1.54) is 14.2 Å². The smallest absolute Gasteiger partial charge is 0.507 e. The zero-order valence-electron chi connectivity index (χ0n) is 6.54. The highest BCUT2D eigenvalue weighted by atomic mass is 32.2. The fourth-order valence-corrected chi connectivity index (χ4v) is 0.0833. The van der Waals surface area contributed by atoms with E-state index in [0.29, 0.717) is 0 Å². The summed E-state index contributed by atoms with van der Waals surface area (Å²) >= 11 is -0.611. The van der Waals surface area contributed by atoms with E-state index >= 15 is 0 Å². The van der Waals surface area contributed by atoms with Crippen molar-refractivity contribution in [1.29, 1.82) is 0 Å². The Balaban J connectivity index is 0. The van der Waals surface area contributed by atoms with Gasteiger partial charge in [0.15, 0.2) is 0 Å². The molecule has 0 spiro atoms. The van der Waals surface area contributed by atoms with Gasteiger partial charge in [-0.3, -0.25) is 0 Å². The molecule has 62 valence electrons. The van der Waals surface area contributed by atoms with Crippen molar-refractivity contribution in [3.05, 3.63) is 0 Å². The molecule has 0 aromatic rings. The molecular weight excluding hydrogens is 156 g/mol. The predicted molar refractivity (Wildman–Crippen MR) is 39.4 cm³/mol. The van der Waals surface area contributed by atoms with Crippen molar-refractivity contribution in [2.24, 2.45) is 0 Å². The van der Waals surface area contributed by atoms with Crippen LogP contribution in [0.25, 0.3) is 0 Å². The topological polar surface area (TPSA) is 58.6 Å². The molecule has 0 aromatic carbocycles. The van der Waals surface area contributed by atoms with Gasteiger partial charge in [0.1, 0.15) is 0 Å². The SMILES string of the molecule is COC(=O)OC.C[S+](C)[O-]. The molecule has 0 rings (SSSR count). The maximum atomic E-state index is 9.74. The lowest BCUT2D eigenvalue weighted by atomic mass is 11.3. The summed E-state index contributed by atoms with van der Waals surface area (Å²) in [5.74, 6) is 0. The van der Waals surface area contributed by atoms with Crippen LogP contribution in [0.4, 0.5) is 4.79 Å². The van der Waals surface area contributed by atoms with E-state index in [2.05, 4.69) is 9.47 Å². The Morgan fingerprint density at radius 3 is 1.50 bits per heavy atom. The second kappa shape index (κ2) is 8.58. The van der Waals surface area contributed by atoms with Crippen LogP contribution in [0.5, 0.6) is 0 Å². The predicted octanol–water partition coefficient (Wildman–Crippen LogP) is 0.394. The molecule has 0 unspecified atom stereocenters. The van der Waals surface area contributed by atoms with Crippen LogP contribution in [-0.2, 0) is 20.6 Å². The molecule has 0 N–H and O–H groups in total. The Hall–Kier alpha value is -0.420. The van der Waals surface area contributed by atoms with Gasteiger partial charge in [-0.15, -0.1) is 0 Å². The third-order valence-electron chi connectivity index (χ3n) is 0.333. The fraction of sp³-hybridized carbons (Fsp3) is 0.800. The van der Waals surface area contributed by atoms with Crippen LogP contribution in [0.1, 0.15) is 0 Å². The number of methoxy groups -OCH3 is 2. The summed E-state index contributed by atoms with van der Waals surface area (Å²) in [5.41, 5.74) is 0. The molecule has 10 heavy (non-hydrogen) atoms. The third kappa shape index (κ3) is 25.6. The maximum Gasteiger partial charge on any atom is 0.507 e. The van der Waals surface area contributed by atoms with Crippen LogP contribution >= 0.6 is 0 Å². The summed E-state index contributed by atoms with van der Waals surface area (Å²) in [6, 6.07) is 0. The van der Waals surface area contributed by atoms with E-state index in [9.17, 15) is 9.35 Å². The molecule has 4 nitrogen and oxygen atoms in total. The summed E-state index contributed by atoms with van der Waals surface area (Å²) in [6.45, 7) is 0. The molecule has 0 heterocycles. The zero-order chi connectivity index (χ0) is 8.57. The maximum absolute atomic E-state index is 9.74. The second-order valence-corrected chi connectivity index (χ2v) is 2.88. The molecule has 0 amide bonds. The summed E-state index contributed by atoms with van der Waals surface area (Å²) < 4.78 is 17.6. The number of rotatable bonds is 0. The highest BCUT2D eigenvalue weighted by Crippen LogP contribution is 1.72. The van der Waals surface area contributed by atoms with Crippen molar-refractivity contribution in [3.8, 4) is 0 Å². The zero-order valence-corrected chi connectivity index (χ0v) is 7.36. The first-order valence-corrected chi connectivity index (χ1v) is 4.38. The number of hydrogen-bond donors (Lipinski definition) is 0. The standard InChI is InChI=1S/C3H6O3.C2H6OS/c1-5-3(4)6-2;1-4(2)3/h1-2H3;1-2H3.